The summed E-state index contributed by atoms with van der Waals surface area (Å²) in [7, 11) is 3.00. The molecule has 0 radical (unpaired) electrons. The first-order valence-electron chi connectivity index (χ1n) is 16.2. The number of ether oxygens (including phenoxy) is 4. The highest BCUT2D eigenvalue weighted by Crippen LogP contribution is 2.38. The molecule has 0 spiro atoms. The molecular formula is C35H46Cl2F3N5O5. The molecule has 10 nitrogen and oxygen atoms in total. The van der Waals surface area contributed by atoms with E-state index in [0.29, 0.717) is 51.3 Å². The van der Waals surface area contributed by atoms with E-state index in [1.165, 1.54) is 18.2 Å². The molecule has 276 valence electrons. The molecule has 15 heteroatoms. The molecule has 0 bridgehead atoms. The molecule has 2 aromatic carbocycles. The minimum absolute atomic E-state index is 0. The number of hydrogen-bond donors (Lipinski definition) is 0. The molecule has 2 saturated heterocycles. The minimum Gasteiger partial charge on any atom is -0.481 e. The summed E-state index contributed by atoms with van der Waals surface area (Å²) in [6, 6.07) is 20.4. The second-order valence-electron chi connectivity index (χ2n) is 12.4. The van der Waals surface area contributed by atoms with Crippen molar-refractivity contribution in [1.29, 1.82) is 0 Å². The van der Waals surface area contributed by atoms with Gasteiger partial charge in [-0.05, 0) is 25.0 Å². The number of piperazine rings is 2. The fraction of sp³-hybridized carbons (Fsp3) is 0.514. The van der Waals surface area contributed by atoms with Crippen molar-refractivity contribution in [2.45, 2.75) is 57.1 Å². The van der Waals surface area contributed by atoms with Crippen LogP contribution in [0.3, 0.4) is 0 Å². The average molecular weight is 745 g/mol. The highest BCUT2D eigenvalue weighted by atomic mass is 35.5. The van der Waals surface area contributed by atoms with E-state index in [0.717, 1.165) is 6.54 Å². The predicted octanol–water partition coefficient (Wildman–Crippen LogP) is 5.62. The third kappa shape index (κ3) is 10.6. The van der Waals surface area contributed by atoms with Gasteiger partial charge in [0.05, 0.1) is 31.8 Å². The predicted molar refractivity (Wildman–Crippen MR) is 188 cm³/mol. The van der Waals surface area contributed by atoms with Crippen LogP contribution in [0.15, 0.2) is 60.7 Å². The molecule has 1 aromatic heterocycles. The Balaban J connectivity index is 0.00000338. The Labute approximate surface area is 304 Å². The molecule has 2 fully saturated rings. The first-order chi connectivity index (χ1) is 23.1. The molecule has 2 atom stereocenters. The summed E-state index contributed by atoms with van der Waals surface area (Å²) in [5, 5.41) is 0. The van der Waals surface area contributed by atoms with Gasteiger partial charge in [-0.25, -0.2) is 0 Å². The second-order valence-corrected chi connectivity index (χ2v) is 12.4. The van der Waals surface area contributed by atoms with E-state index in [1.54, 1.807) is 7.11 Å². The molecule has 2 aliphatic rings. The van der Waals surface area contributed by atoms with Gasteiger partial charge in [-0.2, -0.15) is 23.1 Å². The number of aromatic nitrogens is 2. The van der Waals surface area contributed by atoms with E-state index >= 15 is 0 Å². The number of methoxy groups -OCH3 is 2. The zero-order valence-electron chi connectivity index (χ0n) is 28.7. The molecule has 1 amide bonds. The smallest absolute Gasteiger partial charge is 0.422 e. The number of carbonyl (C=O) groups is 1. The lowest BCUT2D eigenvalue weighted by atomic mass is 9.81. The third-order valence-electron chi connectivity index (χ3n) is 8.64. The maximum absolute atomic E-state index is 13.1. The average Bonchev–Trinajstić information content (AvgIpc) is 3.07. The SMILES string of the molecule is COCCC(=O)N1CCN2C(CN(Cc3c(OC)nc(OCC(F)(F)F)nc3OC(C)C)CC2C(c2ccccc2)c2ccccc2)C1.Cl.Cl. The molecule has 5 rings (SSSR count). The number of amides is 1. The van der Waals surface area contributed by atoms with Crippen molar-refractivity contribution in [3.05, 3.63) is 77.4 Å². The maximum Gasteiger partial charge on any atom is 0.422 e. The van der Waals surface area contributed by atoms with Crippen LogP contribution in [0.1, 0.15) is 42.9 Å². The Morgan fingerprint density at radius 1 is 0.900 bits per heavy atom. The Kier molecular flexibility index (Phi) is 15.4. The van der Waals surface area contributed by atoms with Gasteiger partial charge < -0.3 is 23.8 Å². The van der Waals surface area contributed by atoms with Crippen molar-refractivity contribution >= 4 is 30.7 Å². The highest BCUT2D eigenvalue weighted by Gasteiger charge is 2.43. The van der Waals surface area contributed by atoms with Crippen molar-refractivity contribution in [3.8, 4) is 17.8 Å². The first kappa shape index (κ1) is 41.1. The summed E-state index contributed by atoms with van der Waals surface area (Å²) in [4.78, 5) is 28.3. The Morgan fingerprint density at radius 3 is 2.08 bits per heavy atom. The number of nitrogens with zero attached hydrogens (tertiary/aromatic N) is 5. The normalized spacial score (nSPS) is 18.2. The van der Waals surface area contributed by atoms with Crippen LogP contribution in [0.4, 0.5) is 13.2 Å². The van der Waals surface area contributed by atoms with Crippen LogP contribution in [-0.2, 0) is 16.1 Å². The zero-order chi connectivity index (χ0) is 34.3. The number of hydrogen-bond acceptors (Lipinski definition) is 9. The molecule has 50 heavy (non-hydrogen) atoms. The quantitative estimate of drug-likeness (QED) is 0.221. The highest BCUT2D eigenvalue weighted by molar-refractivity contribution is 5.85. The van der Waals surface area contributed by atoms with Crippen molar-refractivity contribution in [2.75, 3.05) is 60.2 Å². The van der Waals surface area contributed by atoms with E-state index in [9.17, 15) is 18.0 Å². The number of rotatable bonds is 13. The Hall–Kier alpha value is -3.36. The number of benzene rings is 2. The summed E-state index contributed by atoms with van der Waals surface area (Å²) in [6.45, 7) is 5.92. The van der Waals surface area contributed by atoms with Crippen LogP contribution < -0.4 is 14.2 Å². The molecule has 2 unspecified atom stereocenters. The lowest BCUT2D eigenvalue weighted by Gasteiger charge is -2.53. The first-order valence-corrected chi connectivity index (χ1v) is 16.2. The monoisotopic (exact) mass is 743 g/mol. The van der Waals surface area contributed by atoms with Crippen molar-refractivity contribution < 1.29 is 36.9 Å². The molecular weight excluding hydrogens is 698 g/mol. The fourth-order valence-corrected chi connectivity index (χ4v) is 6.65. The maximum atomic E-state index is 13.1. The minimum atomic E-state index is -4.56. The molecule has 3 aromatic rings. The summed E-state index contributed by atoms with van der Waals surface area (Å²) >= 11 is 0. The van der Waals surface area contributed by atoms with Gasteiger partial charge >= 0.3 is 12.2 Å². The number of halogens is 5. The van der Waals surface area contributed by atoms with Crippen LogP contribution in [0, 0.1) is 0 Å². The van der Waals surface area contributed by atoms with Gasteiger partial charge in [-0.15, -0.1) is 24.8 Å². The van der Waals surface area contributed by atoms with Crippen molar-refractivity contribution in [2.24, 2.45) is 0 Å². The van der Waals surface area contributed by atoms with Gasteiger partial charge in [0, 0.05) is 64.4 Å². The summed E-state index contributed by atoms with van der Waals surface area (Å²) in [5.74, 6) is 0.274. The van der Waals surface area contributed by atoms with Gasteiger partial charge in [0.2, 0.25) is 17.7 Å². The summed E-state index contributed by atoms with van der Waals surface area (Å²) in [6.07, 6.45) is -4.56. The van der Waals surface area contributed by atoms with E-state index in [2.05, 4.69) is 68.3 Å². The van der Waals surface area contributed by atoms with Crippen LogP contribution in [0.2, 0.25) is 0 Å². The number of alkyl halides is 3. The summed E-state index contributed by atoms with van der Waals surface area (Å²) < 4.78 is 60.5. The number of carbonyl (C=O) groups excluding carboxylic acids is 1. The summed E-state index contributed by atoms with van der Waals surface area (Å²) in [5.41, 5.74) is 2.88. The topological polar surface area (TPSA) is 89.5 Å². The Bertz CT molecular complexity index is 1450. The van der Waals surface area contributed by atoms with E-state index in [4.69, 9.17) is 18.9 Å². The van der Waals surface area contributed by atoms with Crippen LogP contribution in [0.25, 0.3) is 0 Å². The van der Waals surface area contributed by atoms with Crippen LogP contribution in [-0.4, -0.2) is 115 Å². The standard InChI is InChI=1S/C35H44F3N5O5.2ClH/c1-24(2)48-33-28(32(46-4)39-34(40-33)47-23-35(36,37)38)21-41-19-27-20-42(30(44)15-18-45-3)16-17-43(27)29(22-41)31(25-11-7-5-8-12-25)26-13-9-6-10-14-26;;/h5-14,24,27,29,31H,15-23H2,1-4H3;2*1H. The van der Waals surface area contributed by atoms with E-state index in [-0.39, 0.29) is 66.6 Å². The van der Waals surface area contributed by atoms with E-state index < -0.39 is 18.8 Å². The second kappa shape index (κ2) is 18.8. The molecule has 0 aliphatic carbocycles. The van der Waals surface area contributed by atoms with Gasteiger partial charge in [-0.1, -0.05) is 60.7 Å². The molecule has 0 N–H and O–H groups in total. The fourth-order valence-electron chi connectivity index (χ4n) is 6.65. The van der Waals surface area contributed by atoms with Crippen LogP contribution >= 0.6 is 24.8 Å². The van der Waals surface area contributed by atoms with E-state index in [1.807, 2.05) is 30.9 Å². The third-order valence-corrected chi connectivity index (χ3v) is 8.64. The van der Waals surface area contributed by atoms with Gasteiger partial charge in [0.1, 0.15) is 0 Å². The van der Waals surface area contributed by atoms with Crippen LogP contribution in [0.5, 0.6) is 17.8 Å². The lowest BCUT2D eigenvalue weighted by Crippen LogP contribution is -2.67. The largest absolute Gasteiger partial charge is 0.481 e. The molecule has 3 heterocycles. The van der Waals surface area contributed by atoms with Gasteiger partial charge in [0.15, 0.2) is 6.61 Å². The zero-order valence-corrected chi connectivity index (χ0v) is 30.3. The molecule has 2 aliphatic heterocycles. The van der Waals surface area contributed by atoms with Gasteiger partial charge in [-0.3, -0.25) is 14.6 Å². The van der Waals surface area contributed by atoms with Gasteiger partial charge in [0.25, 0.3) is 0 Å². The Morgan fingerprint density at radius 2 is 1.52 bits per heavy atom. The molecule has 0 saturated carbocycles. The lowest BCUT2D eigenvalue weighted by molar-refractivity contribution is -0.154. The number of fused-ring (bicyclic) bond motifs is 1. The van der Waals surface area contributed by atoms with Crippen molar-refractivity contribution in [1.82, 2.24) is 24.7 Å². The van der Waals surface area contributed by atoms with Crippen molar-refractivity contribution in [3.63, 3.8) is 0 Å².